The first-order chi connectivity index (χ1) is 8.20. The summed E-state index contributed by atoms with van der Waals surface area (Å²) in [7, 11) is 0. The fraction of sp³-hybridized carbons (Fsp3) is 0.182. The van der Waals surface area contributed by atoms with Gasteiger partial charge in [-0.1, -0.05) is 6.92 Å². The molecule has 0 aliphatic rings. The number of hydrogen-bond acceptors (Lipinski definition) is 4. The van der Waals surface area contributed by atoms with E-state index in [0.29, 0.717) is 12.1 Å². The van der Waals surface area contributed by atoms with E-state index >= 15 is 0 Å². The van der Waals surface area contributed by atoms with Crippen molar-refractivity contribution in [3.63, 3.8) is 0 Å². The summed E-state index contributed by atoms with van der Waals surface area (Å²) in [6, 6.07) is 4.00. The number of hydrogen-bond donors (Lipinski definition) is 1. The molecule has 2 aromatic heterocycles. The van der Waals surface area contributed by atoms with Crippen molar-refractivity contribution in [2.45, 2.75) is 13.3 Å². The van der Waals surface area contributed by atoms with Crippen LogP contribution in [0, 0.1) is 5.95 Å². The van der Waals surface area contributed by atoms with Crippen LogP contribution in [0.5, 0.6) is 5.88 Å². The van der Waals surface area contributed by atoms with Crippen LogP contribution in [-0.4, -0.2) is 21.2 Å². The van der Waals surface area contributed by atoms with Gasteiger partial charge in [0.2, 0.25) is 11.8 Å². The van der Waals surface area contributed by atoms with Crippen molar-refractivity contribution in [2.24, 2.45) is 0 Å². The van der Waals surface area contributed by atoms with Gasteiger partial charge in [-0.15, -0.1) is 0 Å². The number of aromatic amines is 1. The topological polar surface area (TPSA) is 67.9 Å². The van der Waals surface area contributed by atoms with E-state index in [9.17, 15) is 9.18 Å². The van der Waals surface area contributed by atoms with Crippen molar-refractivity contribution in [3.8, 4) is 5.88 Å². The highest BCUT2D eigenvalue weighted by Gasteiger charge is 2.15. The standard InChI is InChI=1S/C11H10FN3O2/c1-2-8-7(3-4-9(12)14-8)11(16)17-10-5-6-13-15-10/h3-6H,2H2,1H3,(H,13,15). The SMILES string of the molecule is CCc1nc(F)ccc1C(=O)Oc1ccn[nH]1. The molecule has 0 fully saturated rings. The maximum Gasteiger partial charge on any atom is 0.346 e. The number of aryl methyl sites for hydroxylation is 1. The van der Waals surface area contributed by atoms with E-state index in [0.717, 1.165) is 6.07 Å². The molecule has 0 saturated carbocycles. The lowest BCUT2D eigenvalue weighted by Gasteiger charge is -2.05. The van der Waals surface area contributed by atoms with E-state index in [2.05, 4.69) is 15.2 Å². The lowest BCUT2D eigenvalue weighted by molar-refractivity contribution is 0.0725. The summed E-state index contributed by atoms with van der Waals surface area (Å²) >= 11 is 0. The quantitative estimate of drug-likeness (QED) is 0.649. The van der Waals surface area contributed by atoms with Gasteiger partial charge in [0, 0.05) is 6.07 Å². The molecule has 17 heavy (non-hydrogen) atoms. The third-order valence-electron chi connectivity index (χ3n) is 2.17. The summed E-state index contributed by atoms with van der Waals surface area (Å²) in [6.45, 7) is 1.79. The fourth-order valence-corrected chi connectivity index (χ4v) is 1.38. The normalized spacial score (nSPS) is 10.2. The third-order valence-corrected chi connectivity index (χ3v) is 2.17. The molecule has 2 rings (SSSR count). The Labute approximate surface area is 96.6 Å². The number of aromatic nitrogens is 3. The number of nitrogens with zero attached hydrogens (tertiary/aromatic N) is 2. The molecular formula is C11H10FN3O2. The Balaban J connectivity index is 2.24. The van der Waals surface area contributed by atoms with Crippen molar-refractivity contribution < 1.29 is 13.9 Å². The summed E-state index contributed by atoms with van der Waals surface area (Å²) in [6.07, 6.45) is 1.91. The molecule has 0 amide bonds. The molecule has 0 aliphatic carbocycles. The molecule has 88 valence electrons. The Morgan fingerprint density at radius 1 is 1.47 bits per heavy atom. The predicted octanol–water partition coefficient (Wildman–Crippen LogP) is 1.73. The molecule has 1 N–H and O–H groups in total. The van der Waals surface area contributed by atoms with Crippen LogP contribution in [0.3, 0.4) is 0 Å². The predicted molar refractivity (Wildman–Crippen MR) is 57.1 cm³/mol. The molecule has 0 atom stereocenters. The van der Waals surface area contributed by atoms with Crippen LogP contribution in [0.25, 0.3) is 0 Å². The minimum Gasteiger partial charge on any atom is -0.404 e. The van der Waals surface area contributed by atoms with Gasteiger partial charge in [0.05, 0.1) is 17.5 Å². The molecule has 5 nitrogen and oxygen atoms in total. The fourth-order valence-electron chi connectivity index (χ4n) is 1.38. The summed E-state index contributed by atoms with van der Waals surface area (Å²) in [4.78, 5) is 15.4. The Kier molecular flexibility index (Phi) is 3.13. The first-order valence-electron chi connectivity index (χ1n) is 5.07. The number of esters is 1. The van der Waals surface area contributed by atoms with Crippen LogP contribution in [0.15, 0.2) is 24.4 Å². The minimum absolute atomic E-state index is 0.237. The van der Waals surface area contributed by atoms with Crippen molar-refractivity contribution >= 4 is 5.97 Å². The average molecular weight is 235 g/mol. The summed E-state index contributed by atoms with van der Waals surface area (Å²) < 4.78 is 17.9. The average Bonchev–Trinajstić information content (AvgIpc) is 2.81. The molecule has 0 aliphatic heterocycles. The number of carbonyl (C=O) groups excluding carboxylic acids is 1. The highest BCUT2D eigenvalue weighted by Crippen LogP contribution is 2.12. The molecule has 0 saturated heterocycles. The largest absolute Gasteiger partial charge is 0.404 e. The van der Waals surface area contributed by atoms with Gasteiger partial charge in [-0.05, 0) is 18.6 Å². The molecule has 2 aromatic rings. The zero-order valence-corrected chi connectivity index (χ0v) is 9.11. The summed E-state index contributed by atoms with van der Waals surface area (Å²) in [5, 5.41) is 6.15. The van der Waals surface area contributed by atoms with Crippen LogP contribution < -0.4 is 4.74 Å². The number of halogens is 1. The Bertz CT molecular complexity index is 526. The first-order valence-corrected chi connectivity index (χ1v) is 5.07. The molecule has 0 radical (unpaired) electrons. The monoisotopic (exact) mass is 235 g/mol. The highest BCUT2D eigenvalue weighted by molar-refractivity contribution is 5.91. The van der Waals surface area contributed by atoms with E-state index in [1.807, 2.05) is 0 Å². The number of rotatable bonds is 3. The van der Waals surface area contributed by atoms with Crippen molar-refractivity contribution in [2.75, 3.05) is 0 Å². The number of nitrogens with one attached hydrogen (secondary N) is 1. The van der Waals surface area contributed by atoms with E-state index in [-0.39, 0.29) is 11.4 Å². The van der Waals surface area contributed by atoms with Crippen molar-refractivity contribution in [1.82, 2.24) is 15.2 Å². The van der Waals surface area contributed by atoms with Crippen molar-refractivity contribution in [3.05, 3.63) is 41.6 Å². The van der Waals surface area contributed by atoms with Gasteiger partial charge in [0.15, 0.2) is 0 Å². The zero-order valence-electron chi connectivity index (χ0n) is 9.11. The van der Waals surface area contributed by atoms with E-state index in [1.54, 1.807) is 6.92 Å². The van der Waals surface area contributed by atoms with Crippen LogP contribution in [0.1, 0.15) is 23.0 Å². The maximum atomic E-state index is 12.9. The Morgan fingerprint density at radius 2 is 2.29 bits per heavy atom. The van der Waals surface area contributed by atoms with E-state index < -0.39 is 11.9 Å². The van der Waals surface area contributed by atoms with Gasteiger partial charge in [0.1, 0.15) is 0 Å². The molecule has 0 unspecified atom stereocenters. The van der Waals surface area contributed by atoms with Crippen LogP contribution in [-0.2, 0) is 6.42 Å². The maximum absolute atomic E-state index is 12.9. The number of carbonyl (C=O) groups is 1. The number of ether oxygens (including phenoxy) is 1. The van der Waals surface area contributed by atoms with Gasteiger partial charge >= 0.3 is 5.97 Å². The first kappa shape index (κ1) is 11.3. The van der Waals surface area contributed by atoms with Crippen LogP contribution in [0.2, 0.25) is 0 Å². The minimum atomic E-state index is -0.611. The molecule has 2 heterocycles. The lowest BCUT2D eigenvalue weighted by atomic mass is 10.1. The molecule has 0 bridgehead atoms. The smallest absolute Gasteiger partial charge is 0.346 e. The lowest BCUT2D eigenvalue weighted by Crippen LogP contribution is -2.13. The molecule has 0 aromatic carbocycles. The van der Waals surface area contributed by atoms with Gasteiger partial charge in [-0.3, -0.25) is 0 Å². The van der Waals surface area contributed by atoms with Gasteiger partial charge in [0.25, 0.3) is 0 Å². The Hall–Kier alpha value is -2.24. The summed E-state index contributed by atoms with van der Waals surface area (Å²) in [5.41, 5.74) is 0.623. The van der Waals surface area contributed by atoms with Crippen LogP contribution in [0.4, 0.5) is 4.39 Å². The molecular weight excluding hydrogens is 225 g/mol. The van der Waals surface area contributed by atoms with Gasteiger partial charge in [-0.25, -0.2) is 14.9 Å². The number of pyridine rings is 1. The second-order valence-corrected chi connectivity index (χ2v) is 3.29. The van der Waals surface area contributed by atoms with E-state index in [4.69, 9.17) is 4.74 Å². The Morgan fingerprint density at radius 3 is 2.94 bits per heavy atom. The second kappa shape index (κ2) is 4.73. The zero-order chi connectivity index (χ0) is 12.3. The molecule has 0 spiro atoms. The highest BCUT2D eigenvalue weighted by atomic mass is 19.1. The summed E-state index contributed by atoms with van der Waals surface area (Å²) in [5.74, 6) is -0.958. The van der Waals surface area contributed by atoms with Gasteiger partial charge in [-0.2, -0.15) is 9.49 Å². The van der Waals surface area contributed by atoms with E-state index in [1.165, 1.54) is 18.3 Å². The number of H-pyrrole nitrogens is 1. The van der Waals surface area contributed by atoms with Crippen LogP contribution >= 0.6 is 0 Å². The van der Waals surface area contributed by atoms with Gasteiger partial charge < -0.3 is 4.74 Å². The molecule has 6 heteroatoms. The van der Waals surface area contributed by atoms with Crippen molar-refractivity contribution in [1.29, 1.82) is 0 Å². The second-order valence-electron chi connectivity index (χ2n) is 3.29. The third kappa shape index (κ3) is 2.47.